The minimum Gasteiger partial charge on any atom is -0.366 e. The zero-order valence-corrected chi connectivity index (χ0v) is 23.0. The first-order valence-corrected chi connectivity index (χ1v) is 13.9. The number of nitrogens with one attached hydrogen (secondary N) is 1. The van der Waals surface area contributed by atoms with Crippen molar-refractivity contribution in [3.05, 3.63) is 68.7 Å². The molecular formula is C28H33Cl2N5O3. The summed E-state index contributed by atoms with van der Waals surface area (Å²) in [4.78, 5) is 43.5. The molecule has 3 aliphatic heterocycles. The highest BCUT2D eigenvalue weighted by atomic mass is 35.5. The number of carbonyl (C=O) groups is 3. The molecule has 2 unspecified atom stereocenters. The first-order valence-electron chi connectivity index (χ1n) is 13.2. The molecule has 2 saturated heterocycles. The normalized spacial score (nSPS) is 21.4. The van der Waals surface area contributed by atoms with Gasteiger partial charge in [0.25, 0.3) is 5.91 Å². The number of amides is 4. The largest absolute Gasteiger partial charge is 0.366 e. The molecule has 0 aliphatic carbocycles. The fourth-order valence-corrected chi connectivity index (χ4v) is 6.49. The molecule has 2 atom stereocenters. The second-order valence-electron chi connectivity index (χ2n) is 10.4. The summed E-state index contributed by atoms with van der Waals surface area (Å²) in [6, 6.07) is 10.9. The number of halogens is 2. The summed E-state index contributed by atoms with van der Waals surface area (Å²) in [6.07, 6.45) is 3.69. The van der Waals surface area contributed by atoms with Gasteiger partial charge in [-0.25, -0.2) is 4.79 Å². The Kier molecular flexibility index (Phi) is 7.84. The number of primary amides is 1. The summed E-state index contributed by atoms with van der Waals surface area (Å²) >= 11 is 12.7. The van der Waals surface area contributed by atoms with Crippen LogP contribution in [0.1, 0.15) is 69.5 Å². The van der Waals surface area contributed by atoms with Gasteiger partial charge in [-0.1, -0.05) is 35.3 Å². The van der Waals surface area contributed by atoms with Crippen molar-refractivity contribution >= 4 is 41.0 Å². The smallest absolute Gasteiger partial charge is 0.317 e. The van der Waals surface area contributed by atoms with Crippen LogP contribution in [0.15, 0.2) is 36.4 Å². The van der Waals surface area contributed by atoms with Gasteiger partial charge in [0, 0.05) is 56.3 Å². The lowest BCUT2D eigenvalue weighted by Gasteiger charge is -2.40. The van der Waals surface area contributed by atoms with Gasteiger partial charge in [-0.3, -0.25) is 9.59 Å². The molecule has 3 aliphatic rings. The highest BCUT2D eigenvalue weighted by Gasteiger charge is 2.40. The van der Waals surface area contributed by atoms with Crippen LogP contribution in [0, 0.1) is 0 Å². The van der Waals surface area contributed by atoms with E-state index in [0.29, 0.717) is 21.2 Å². The third-order valence-electron chi connectivity index (χ3n) is 8.24. The van der Waals surface area contributed by atoms with E-state index in [2.05, 4.69) is 10.2 Å². The van der Waals surface area contributed by atoms with Crippen LogP contribution in [0.3, 0.4) is 0 Å². The summed E-state index contributed by atoms with van der Waals surface area (Å²) in [5, 5.41) is 3.92. The monoisotopic (exact) mass is 557 g/mol. The molecule has 0 aromatic heterocycles. The van der Waals surface area contributed by atoms with E-state index in [1.54, 1.807) is 30.1 Å². The van der Waals surface area contributed by atoms with Crippen LogP contribution < -0.4 is 11.1 Å². The Morgan fingerprint density at radius 2 is 1.84 bits per heavy atom. The summed E-state index contributed by atoms with van der Waals surface area (Å²) < 4.78 is 0. The number of piperidine rings is 1. The van der Waals surface area contributed by atoms with Crippen LogP contribution in [0.2, 0.25) is 10.0 Å². The van der Waals surface area contributed by atoms with Crippen molar-refractivity contribution in [1.29, 1.82) is 0 Å². The van der Waals surface area contributed by atoms with E-state index in [1.807, 2.05) is 23.1 Å². The van der Waals surface area contributed by atoms with Crippen LogP contribution in [0.25, 0.3) is 0 Å². The predicted molar refractivity (Wildman–Crippen MR) is 148 cm³/mol. The van der Waals surface area contributed by atoms with Gasteiger partial charge in [-0.2, -0.15) is 0 Å². The van der Waals surface area contributed by atoms with Crippen LogP contribution in [0.5, 0.6) is 0 Å². The fraction of sp³-hybridized carbons (Fsp3) is 0.464. The average Bonchev–Trinajstić information content (AvgIpc) is 3.16. The minimum atomic E-state index is -0.557. The number of likely N-dealkylation sites (N-methyl/N-ethyl adjacent to an activating group) is 1. The molecule has 0 radical (unpaired) electrons. The maximum atomic E-state index is 13.2. The second-order valence-corrected chi connectivity index (χ2v) is 11.3. The Morgan fingerprint density at radius 3 is 2.53 bits per heavy atom. The molecule has 2 aromatic rings. The number of likely N-dealkylation sites (tertiary alicyclic amines) is 1. The van der Waals surface area contributed by atoms with Gasteiger partial charge in [0.15, 0.2) is 0 Å². The van der Waals surface area contributed by atoms with Gasteiger partial charge in [0.2, 0.25) is 5.91 Å². The minimum absolute atomic E-state index is 0.0370. The van der Waals surface area contributed by atoms with Crippen molar-refractivity contribution in [2.45, 2.75) is 43.7 Å². The maximum absolute atomic E-state index is 13.2. The summed E-state index contributed by atoms with van der Waals surface area (Å²) in [6.45, 7) is 4.27. The Bertz CT molecular complexity index is 1250. The van der Waals surface area contributed by atoms with Crippen LogP contribution in [-0.4, -0.2) is 78.4 Å². The van der Waals surface area contributed by atoms with Gasteiger partial charge >= 0.3 is 6.03 Å². The summed E-state index contributed by atoms with van der Waals surface area (Å²) in [5.74, 6) is -0.720. The average molecular weight is 559 g/mol. The van der Waals surface area contributed by atoms with Gasteiger partial charge in [-0.15, -0.1) is 0 Å². The Morgan fingerprint density at radius 1 is 1.08 bits per heavy atom. The highest BCUT2D eigenvalue weighted by Crippen LogP contribution is 2.45. The number of rotatable bonds is 7. The summed E-state index contributed by atoms with van der Waals surface area (Å²) in [7, 11) is 1.80. The van der Waals surface area contributed by atoms with E-state index >= 15 is 0 Å². The van der Waals surface area contributed by atoms with E-state index in [4.69, 9.17) is 28.9 Å². The van der Waals surface area contributed by atoms with Crippen molar-refractivity contribution in [3.63, 3.8) is 0 Å². The van der Waals surface area contributed by atoms with Crippen LogP contribution in [-0.2, 0) is 0 Å². The lowest BCUT2D eigenvalue weighted by atomic mass is 9.84. The fourth-order valence-electron chi connectivity index (χ4n) is 6.19. The molecule has 202 valence electrons. The number of hydrogen-bond donors (Lipinski definition) is 2. The molecule has 3 N–H and O–H groups in total. The van der Waals surface area contributed by atoms with Crippen molar-refractivity contribution in [1.82, 2.24) is 20.0 Å². The Hall–Kier alpha value is -2.81. The Labute approximate surface area is 233 Å². The van der Waals surface area contributed by atoms with Crippen molar-refractivity contribution in [3.8, 4) is 0 Å². The topological polar surface area (TPSA) is 99.0 Å². The molecular weight excluding hydrogens is 525 g/mol. The Balaban J connectivity index is 1.36. The van der Waals surface area contributed by atoms with Gasteiger partial charge < -0.3 is 25.8 Å². The van der Waals surface area contributed by atoms with Gasteiger partial charge in [0.05, 0.1) is 16.1 Å². The molecule has 3 heterocycles. The predicted octanol–water partition coefficient (Wildman–Crippen LogP) is 4.27. The molecule has 0 bridgehead atoms. The number of hydrogen-bond acceptors (Lipinski definition) is 4. The molecule has 5 rings (SSSR count). The molecule has 2 fully saturated rings. The first-order chi connectivity index (χ1) is 18.2. The van der Waals surface area contributed by atoms with Crippen LogP contribution in [0.4, 0.5) is 4.79 Å². The maximum Gasteiger partial charge on any atom is 0.317 e. The molecule has 0 saturated carbocycles. The molecule has 10 heteroatoms. The first kappa shape index (κ1) is 26.8. The number of nitrogens with zero attached hydrogens (tertiary/aromatic N) is 3. The second kappa shape index (κ2) is 11.1. The quantitative estimate of drug-likeness (QED) is 0.530. The third-order valence-corrected chi connectivity index (χ3v) is 8.98. The lowest BCUT2D eigenvalue weighted by molar-refractivity contribution is 0.0740. The number of nitrogens with two attached hydrogens (primary N) is 1. The lowest BCUT2D eigenvalue weighted by Crippen LogP contribution is -2.54. The zero-order valence-electron chi connectivity index (χ0n) is 21.5. The van der Waals surface area contributed by atoms with Crippen molar-refractivity contribution in [2.75, 3.05) is 39.8 Å². The molecule has 0 spiro atoms. The molecule has 8 nitrogen and oxygen atoms in total. The summed E-state index contributed by atoms with van der Waals surface area (Å²) in [5.41, 5.74) is 8.21. The number of benzene rings is 2. The van der Waals surface area contributed by atoms with E-state index in [1.165, 1.54) is 0 Å². The van der Waals surface area contributed by atoms with Gasteiger partial charge in [0.1, 0.15) is 0 Å². The number of urea groups is 1. The van der Waals surface area contributed by atoms with E-state index in [9.17, 15) is 14.4 Å². The molecule has 2 aromatic carbocycles. The van der Waals surface area contributed by atoms with Crippen molar-refractivity contribution in [2.24, 2.45) is 5.73 Å². The molecule has 4 amide bonds. The molecule has 38 heavy (non-hydrogen) atoms. The van der Waals surface area contributed by atoms with E-state index in [0.717, 1.165) is 69.5 Å². The highest BCUT2D eigenvalue weighted by molar-refractivity contribution is 6.42. The number of fused-ring (bicyclic) bond motifs is 1. The zero-order chi connectivity index (χ0) is 27.0. The van der Waals surface area contributed by atoms with Crippen molar-refractivity contribution < 1.29 is 14.4 Å². The van der Waals surface area contributed by atoms with E-state index in [-0.39, 0.29) is 29.9 Å². The van der Waals surface area contributed by atoms with Gasteiger partial charge in [-0.05, 0) is 67.6 Å². The van der Waals surface area contributed by atoms with E-state index < -0.39 is 5.91 Å². The SMILES string of the molecule is CN1C(=O)c2cc(C(N)=O)ccc2C1C(CCN1CCC(N2CCCNC2=O)CC1)c1ccc(Cl)c(Cl)c1. The standard InChI is InChI=1S/C28H33Cl2N5O3/c1-33-25(21-5-3-18(26(31)36)15-22(21)27(33)37)20(17-4-6-23(29)24(30)16-17)9-14-34-12-7-19(8-13-34)35-11-2-10-32-28(35)38/h3-6,15-16,19-20,25H,2,7-14H2,1H3,(H2,31,36)(H,32,38). The third kappa shape index (κ3) is 5.22. The number of carbonyl (C=O) groups excluding carboxylic acids is 3. The van der Waals surface area contributed by atoms with Crippen LogP contribution >= 0.6 is 23.2 Å².